The van der Waals surface area contributed by atoms with Crippen LogP contribution in [-0.2, 0) is 0 Å². The van der Waals surface area contributed by atoms with Crippen LogP contribution in [0.5, 0.6) is 0 Å². The number of halogens is 1. The summed E-state index contributed by atoms with van der Waals surface area (Å²) in [4.78, 5) is 0. The van der Waals surface area contributed by atoms with Crippen molar-refractivity contribution in [2.24, 2.45) is 5.73 Å². The van der Waals surface area contributed by atoms with Gasteiger partial charge >= 0.3 is 0 Å². The Balaban J connectivity index is 2.82. The molecule has 0 fully saturated rings. The van der Waals surface area contributed by atoms with Crippen LogP contribution in [0, 0.1) is 12.7 Å². The van der Waals surface area contributed by atoms with E-state index in [0.717, 1.165) is 5.56 Å². The molecule has 0 bridgehead atoms. The molecule has 0 saturated carbocycles. The zero-order valence-electron chi connectivity index (χ0n) is 10.4. The van der Waals surface area contributed by atoms with E-state index in [4.69, 9.17) is 10.8 Å². The highest BCUT2D eigenvalue weighted by Crippen LogP contribution is 2.18. The predicted molar refractivity (Wildman–Crippen MR) is 67.2 cm³/mol. The van der Waals surface area contributed by atoms with Crippen molar-refractivity contribution in [3.8, 4) is 0 Å². The lowest BCUT2D eigenvalue weighted by Crippen LogP contribution is -2.36. The third kappa shape index (κ3) is 4.07. The highest BCUT2D eigenvalue weighted by molar-refractivity contribution is 5.27. The van der Waals surface area contributed by atoms with Crippen molar-refractivity contribution in [2.45, 2.75) is 32.4 Å². The second-order valence-corrected chi connectivity index (χ2v) is 4.39. The summed E-state index contributed by atoms with van der Waals surface area (Å²) in [5.41, 5.74) is 7.28. The van der Waals surface area contributed by atoms with Gasteiger partial charge in [0, 0.05) is 30.8 Å². The summed E-state index contributed by atoms with van der Waals surface area (Å²) in [6, 6.07) is 4.91. The molecule has 2 atom stereocenters. The van der Waals surface area contributed by atoms with Crippen LogP contribution in [0.3, 0.4) is 0 Å². The third-order valence-electron chi connectivity index (χ3n) is 2.81. The smallest absolute Gasteiger partial charge is 0.128 e. The van der Waals surface area contributed by atoms with Crippen molar-refractivity contribution >= 4 is 0 Å². The Hall–Kier alpha value is -0.970. The molecule has 1 aromatic carbocycles. The fourth-order valence-corrected chi connectivity index (χ4v) is 1.84. The molecule has 4 heteroatoms. The number of hydrogen-bond acceptors (Lipinski definition) is 3. The first-order chi connectivity index (χ1) is 8.08. The van der Waals surface area contributed by atoms with Crippen LogP contribution in [0.2, 0.25) is 0 Å². The molecule has 0 aliphatic heterocycles. The number of nitrogens with two attached hydrogens (primary N) is 1. The van der Waals surface area contributed by atoms with Crippen LogP contribution in [0.25, 0.3) is 0 Å². The number of benzene rings is 1. The molecule has 4 N–H and O–H groups in total. The van der Waals surface area contributed by atoms with Gasteiger partial charge in [-0.15, -0.1) is 0 Å². The van der Waals surface area contributed by atoms with Crippen LogP contribution in [0.15, 0.2) is 18.2 Å². The summed E-state index contributed by atoms with van der Waals surface area (Å²) in [7, 11) is 0. The molecular weight excluding hydrogens is 219 g/mol. The Labute approximate surface area is 102 Å². The quantitative estimate of drug-likeness (QED) is 0.706. The Bertz CT molecular complexity index is 357. The molecule has 0 heterocycles. The third-order valence-corrected chi connectivity index (χ3v) is 2.81. The Morgan fingerprint density at radius 3 is 2.76 bits per heavy atom. The van der Waals surface area contributed by atoms with Gasteiger partial charge < -0.3 is 16.2 Å². The van der Waals surface area contributed by atoms with Gasteiger partial charge in [-0.25, -0.2) is 4.39 Å². The van der Waals surface area contributed by atoms with E-state index in [2.05, 4.69) is 5.32 Å². The fraction of sp³-hybridized carbons (Fsp3) is 0.538. The Morgan fingerprint density at radius 1 is 1.47 bits per heavy atom. The normalized spacial score (nSPS) is 14.6. The largest absolute Gasteiger partial charge is 0.396 e. The molecule has 96 valence electrons. The first kappa shape index (κ1) is 14.1. The molecule has 0 radical (unpaired) electrons. The van der Waals surface area contributed by atoms with E-state index in [-0.39, 0.29) is 24.5 Å². The monoisotopic (exact) mass is 240 g/mol. The number of nitrogens with one attached hydrogen (secondary N) is 1. The lowest BCUT2D eigenvalue weighted by Gasteiger charge is -2.22. The van der Waals surface area contributed by atoms with Crippen LogP contribution < -0.4 is 11.1 Å². The first-order valence-corrected chi connectivity index (χ1v) is 5.91. The Kier molecular flexibility index (Phi) is 5.55. The fourth-order valence-electron chi connectivity index (χ4n) is 1.84. The maximum absolute atomic E-state index is 13.7. The zero-order valence-corrected chi connectivity index (χ0v) is 10.4. The van der Waals surface area contributed by atoms with E-state index < -0.39 is 0 Å². The lowest BCUT2D eigenvalue weighted by atomic mass is 10.0. The number of hydrogen-bond donors (Lipinski definition) is 3. The highest BCUT2D eigenvalue weighted by atomic mass is 19.1. The van der Waals surface area contributed by atoms with E-state index >= 15 is 0 Å². The van der Waals surface area contributed by atoms with Crippen molar-refractivity contribution in [3.63, 3.8) is 0 Å². The van der Waals surface area contributed by atoms with Crippen molar-refractivity contribution in [3.05, 3.63) is 35.1 Å². The van der Waals surface area contributed by atoms with Gasteiger partial charge in [0.05, 0.1) is 0 Å². The van der Waals surface area contributed by atoms with Crippen LogP contribution in [0.4, 0.5) is 4.39 Å². The standard InChI is InChI=1S/C13H21FN2O/c1-9-3-4-12(14)11(7-9)13(8-15)16-10(2)5-6-17/h3-4,7,10,13,16-17H,5-6,8,15H2,1-2H3. The predicted octanol–water partition coefficient (Wildman–Crippen LogP) is 1.49. The minimum absolute atomic E-state index is 0.105. The number of aliphatic hydroxyl groups excluding tert-OH is 1. The molecule has 0 aliphatic rings. The van der Waals surface area contributed by atoms with Crippen molar-refractivity contribution in [1.29, 1.82) is 0 Å². The number of aryl methyl sites for hydroxylation is 1. The molecule has 1 rings (SSSR count). The van der Waals surface area contributed by atoms with Crippen LogP contribution in [0.1, 0.15) is 30.5 Å². The van der Waals surface area contributed by atoms with E-state index in [0.29, 0.717) is 18.5 Å². The minimum atomic E-state index is -0.241. The molecule has 0 saturated heterocycles. The summed E-state index contributed by atoms with van der Waals surface area (Å²) in [6.07, 6.45) is 0.629. The zero-order chi connectivity index (χ0) is 12.8. The molecule has 1 aromatic rings. The van der Waals surface area contributed by atoms with Crippen molar-refractivity contribution < 1.29 is 9.50 Å². The number of aliphatic hydroxyl groups is 1. The van der Waals surface area contributed by atoms with Gasteiger partial charge in [0.25, 0.3) is 0 Å². The van der Waals surface area contributed by atoms with Crippen molar-refractivity contribution in [1.82, 2.24) is 5.32 Å². The summed E-state index contributed by atoms with van der Waals surface area (Å²) < 4.78 is 13.7. The maximum atomic E-state index is 13.7. The van der Waals surface area contributed by atoms with Crippen molar-refractivity contribution in [2.75, 3.05) is 13.2 Å². The Morgan fingerprint density at radius 2 is 2.18 bits per heavy atom. The minimum Gasteiger partial charge on any atom is -0.396 e. The second kappa shape index (κ2) is 6.69. The number of rotatable bonds is 6. The molecule has 2 unspecified atom stereocenters. The average molecular weight is 240 g/mol. The SMILES string of the molecule is Cc1ccc(F)c(C(CN)NC(C)CCO)c1. The van der Waals surface area contributed by atoms with Gasteiger partial charge in [-0.1, -0.05) is 17.7 Å². The van der Waals surface area contributed by atoms with Gasteiger partial charge in [0.2, 0.25) is 0 Å². The van der Waals surface area contributed by atoms with E-state index in [1.807, 2.05) is 19.9 Å². The van der Waals surface area contributed by atoms with Crippen LogP contribution >= 0.6 is 0 Å². The molecule has 17 heavy (non-hydrogen) atoms. The van der Waals surface area contributed by atoms with E-state index in [1.165, 1.54) is 6.07 Å². The summed E-state index contributed by atoms with van der Waals surface area (Å²) in [6.45, 7) is 4.32. The van der Waals surface area contributed by atoms with Gasteiger partial charge in [-0.05, 0) is 26.3 Å². The molecule has 3 nitrogen and oxygen atoms in total. The van der Waals surface area contributed by atoms with Gasteiger partial charge in [-0.2, -0.15) is 0 Å². The summed E-state index contributed by atoms with van der Waals surface area (Å²) in [5.74, 6) is -0.241. The van der Waals surface area contributed by atoms with Crippen LogP contribution in [-0.4, -0.2) is 24.3 Å². The molecule has 0 aliphatic carbocycles. The molecular formula is C13H21FN2O. The molecule has 0 amide bonds. The summed E-state index contributed by atoms with van der Waals surface area (Å²) in [5, 5.41) is 12.1. The van der Waals surface area contributed by atoms with Gasteiger partial charge in [0.1, 0.15) is 5.82 Å². The highest BCUT2D eigenvalue weighted by Gasteiger charge is 2.16. The molecule has 0 spiro atoms. The van der Waals surface area contributed by atoms with E-state index in [1.54, 1.807) is 6.07 Å². The van der Waals surface area contributed by atoms with Gasteiger partial charge in [-0.3, -0.25) is 0 Å². The first-order valence-electron chi connectivity index (χ1n) is 5.91. The average Bonchev–Trinajstić information content (AvgIpc) is 2.30. The lowest BCUT2D eigenvalue weighted by molar-refractivity contribution is 0.263. The van der Waals surface area contributed by atoms with Gasteiger partial charge in [0.15, 0.2) is 0 Å². The maximum Gasteiger partial charge on any atom is 0.128 e. The molecule has 0 aromatic heterocycles. The topological polar surface area (TPSA) is 58.3 Å². The summed E-state index contributed by atoms with van der Waals surface area (Å²) >= 11 is 0. The second-order valence-electron chi connectivity index (χ2n) is 4.39. The van der Waals surface area contributed by atoms with E-state index in [9.17, 15) is 4.39 Å².